The smallest absolute Gasteiger partial charge is 0.148 e. The predicted molar refractivity (Wildman–Crippen MR) is 52.9 cm³/mol. The fraction of sp³-hybridized carbons (Fsp3) is 1.00. The van der Waals surface area contributed by atoms with E-state index >= 15 is 0 Å². The van der Waals surface area contributed by atoms with Gasteiger partial charge >= 0.3 is 0 Å². The lowest BCUT2D eigenvalue weighted by molar-refractivity contribution is -0.310. The maximum atomic E-state index is 9.75. The fourth-order valence-electron chi connectivity index (χ4n) is 2.29. The predicted octanol–water partition coefficient (Wildman–Crippen LogP) is -1.73. The van der Waals surface area contributed by atoms with Gasteiger partial charge in [0, 0.05) is 6.61 Å². The summed E-state index contributed by atoms with van der Waals surface area (Å²) in [4.78, 5) is 0. The summed E-state index contributed by atoms with van der Waals surface area (Å²) in [7, 11) is 0. The first-order chi connectivity index (χ1) is 7.65. The van der Waals surface area contributed by atoms with Gasteiger partial charge in [-0.05, 0) is 6.92 Å². The topological polar surface area (TPSA) is 88.4 Å². The molecule has 0 radical (unpaired) electrons. The van der Waals surface area contributed by atoms with Gasteiger partial charge in [0.2, 0.25) is 0 Å². The van der Waals surface area contributed by atoms with Gasteiger partial charge in [0.1, 0.15) is 30.0 Å². The molecule has 2 aliphatic rings. The highest BCUT2D eigenvalue weighted by molar-refractivity contribution is 5.08. The SMILES string of the molecule is CCOC1CO[C@]1(CO)[C@H]1OC[C@H](O)[C@H]1O. The van der Waals surface area contributed by atoms with Gasteiger partial charge in [-0.2, -0.15) is 0 Å². The summed E-state index contributed by atoms with van der Waals surface area (Å²) in [6.45, 7) is 2.47. The molecule has 16 heavy (non-hydrogen) atoms. The van der Waals surface area contributed by atoms with Crippen molar-refractivity contribution in [3.05, 3.63) is 0 Å². The largest absolute Gasteiger partial charge is 0.393 e. The van der Waals surface area contributed by atoms with Crippen molar-refractivity contribution in [2.45, 2.75) is 36.9 Å². The second-order valence-electron chi connectivity index (χ2n) is 4.18. The Morgan fingerprint density at radius 1 is 1.38 bits per heavy atom. The highest BCUT2D eigenvalue weighted by Gasteiger charge is 2.60. The Morgan fingerprint density at radius 2 is 2.12 bits per heavy atom. The zero-order valence-electron chi connectivity index (χ0n) is 9.20. The zero-order valence-corrected chi connectivity index (χ0v) is 9.20. The Balaban J connectivity index is 2.10. The normalized spacial score (nSPS) is 48.0. The number of hydrogen-bond donors (Lipinski definition) is 3. The van der Waals surface area contributed by atoms with Gasteiger partial charge in [0.25, 0.3) is 0 Å². The second-order valence-corrected chi connectivity index (χ2v) is 4.18. The van der Waals surface area contributed by atoms with Crippen molar-refractivity contribution >= 4 is 0 Å². The van der Waals surface area contributed by atoms with Gasteiger partial charge in [0.05, 0.1) is 19.8 Å². The minimum absolute atomic E-state index is 0.0514. The van der Waals surface area contributed by atoms with E-state index < -0.39 is 23.9 Å². The molecule has 0 saturated carbocycles. The number of hydrogen-bond acceptors (Lipinski definition) is 6. The van der Waals surface area contributed by atoms with Crippen LogP contribution in [-0.2, 0) is 14.2 Å². The standard InChI is InChI=1S/C10H18O6/c1-2-14-7-4-16-10(7,5-11)9-8(13)6(12)3-15-9/h6-9,11-13H,2-5H2,1H3/t6-,7?,8+,9-,10-/m0/s1. The molecule has 6 nitrogen and oxygen atoms in total. The van der Waals surface area contributed by atoms with Crippen molar-refractivity contribution < 1.29 is 29.5 Å². The minimum Gasteiger partial charge on any atom is -0.393 e. The Kier molecular flexibility index (Phi) is 3.48. The second kappa shape index (κ2) is 4.56. The van der Waals surface area contributed by atoms with Gasteiger partial charge < -0.3 is 29.5 Å². The third kappa shape index (κ3) is 1.66. The van der Waals surface area contributed by atoms with Crippen molar-refractivity contribution in [3.8, 4) is 0 Å². The molecule has 2 aliphatic heterocycles. The van der Waals surface area contributed by atoms with Crippen LogP contribution in [0.2, 0.25) is 0 Å². The van der Waals surface area contributed by atoms with Crippen LogP contribution >= 0.6 is 0 Å². The molecule has 2 saturated heterocycles. The van der Waals surface area contributed by atoms with Crippen LogP contribution in [0.1, 0.15) is 6.92 Å². The molecular weight excluding hydrogens is 216 g/mol. The van der Waals surface area contributed by atoms with Gasteiger partial charge in [-0.15, -0.1) is 0 Å². The van der Waals surface area contributed by atoms with Crippen molar-refractivity contribution in [2.75, 3.05) is 26.4 Å². The number of ether oxygens (including phenoxy) is 3. The van der Waals surface area contributed by atoms with Crippen molar-refractivity contribution in [1.82, 2.24) is 0 Å². The summed E-state index contributed by atoms with van der Waals surface area (Å²) >= 11 is 0. The van der Waals surface area contributed by atoms with Crippen molar-refractivity contribution in [2.24, 2.45) is 0 Å². The van der Waals surface area contributed by atoms with Gasteiger partial charge in [-0.3, -0.25) is 0 Å². The average Bonchev–Trinajstić information content (AvgIpc) is 2.58. The van der Waals surface area contributed by atoms with Crippen LogP contribution in [0.4, 0.5) is 0 Å². The zero-order chi connectivity index (χ0) is 11.8. The maximum Gasteiger partial charge on any atom is 0.148 e. The molecule has 5 atom stereocenters. The monoisotopic (exact) mass is 234 g/mol. The van der Waals surface area contributed by atoms with E-state index in [2.05, 4.69) is 0 Å². The van der Waals surface area contributed by atoms with Crippen molar-refractivity contribution in [1.29, 1.82) is 0 Å². The quantitative estimate of drug-likeness (QED) is 0.536. The van der Waals surface area contributed by atoms with E-state index in [1.807, 2.05) is 6.92 Å². The van der Waals surface area contributed by atoms with E-state index in [9.17, 15) is 15.3 Å². The molecule has 3 N–H and O–H groups in total. The van der Waals surface area contributed by atoms with E-state index in [4.69, 9.17) is 14.2 Å². The van der Waals surface area contributed by atoms with Crippen molar-refractivity contribution in [3.63, 3.8) is 0 Å². The first-order valence-electron chi connectivity index (χ1n) is 5.50. The summed E-state index contributed by atoms with van der Waals surface area (Å²) in [5, 5.41) is 28.6. The van der Waals surface area contributed by atoms with Crippen LogP contribution in [0.3, 0.4) is 0 Å². The summed E-state index contributed by atoms with van der Waals surface area (Å²) < 4.78 is 16.1. The molecule has 2 heterocycles. The molecule has 0 aromatic carbocycles. The lowest BCUT2D eigenvalue weighted by Crippen LogP contribution is -2.70. The highest BCUT2D eigenvalue weighted by Crippen LogP contribution is 2.38. The summed E-state index contributed by atoms with van der Waals surface area (Å²) in [5.74, 6) is 0. The minimum atomic E-state index is -1.05. The van der Waals surface area contributed by atoms with Gasteiger partial charge in [0.15, 0.2) is 0 Å². The van der Waals surface area contributed by atoms with E-state index in [1.165, 1.54) is 0 Å². The van der Waals surface area contributed by atoms with Crippen LogP contribution in [-0.4, -0.2) is 71.8 Å². The molecule has 2 rings (SSSR count). The molecule has 0 bridgehead atoms. The molecule has 0 aromatic rings. The summed E-state index contributed by atoms with van der Waals surface area (Å²) in [6, 6.07) is 0. The number of aliphatic hydroxyl groups is 3. The van der Waals surface area contributed by atoms with E-state index in [0.717, 1.165) is 0 Å². The third-order valence-electron chi connectivity index (χ3n) is 3.30. The van der Waals surface area contributed by atoms with E-state index in [-0.39, 0.29) is 19.3 Å². The fourth-order valence-corrected chi connectivity index (χ4v) is 2.29. The van der Waals surface area contributed by atoms with Gasteiger partial charge in [-0.25, -0.2) is 0 Å². The van der Waals surface area contributed by atoms with Crippen LogP contribution in [0.15, 0.2) is 0 Å². The molecular formula is C10H18O6. The average molecular weight is 234 g/mol. The first-order valence-corrected chi connectivity index (χ1v) is 5.50. The lowest BCUT2D eigenvalue weighted by atomic mass is 9.83. The highest BCUT2D eigenvalue weighted by atomic mass is 16.6. The molecule has 6 heteroatoms. The maximum absolute atomic E-state index is 9.75. The van der Waals surface area contributed by atoms with Gasteiger partial charge in [-0.1, -0.05) is 0 Å². The number of rotatable bonds is 4. The Bertz CT molecular complexity index is 243. The number of aliphatic hydroxyl groups excluding tert-OH is 3. The molecule has 0 aromatic heterocycles. The van der Waals surface area contributed by atoms with Crippen LogP contribution < -0.4 is 0 Å². The Labute approximate surface area is 93.7 Å². The Morgan fingerprint density at radius 3 is 2.50 bits per heavy atom. The molecule has 0 spiro atoms. The first kappa shape index (κ1) is 12.2. The molecule has 94 valence electrons. The van der Waals surface area contributed by atoms with E-state index in [0.29, 0.717) is 13.2 Å². The third-order valence-corrected chi connectivity index (χ3v) is 3.30. The van der Waals surface area contributed by atoms with Crippen LogP contribution in [0.5, 0.6) is 0 Å². The molecule has 1 unspecified atom stereocenters. The molecule has 0 amide bonds. The molecule has 0 aliphatic carbocycles. The van der Waals surface area contributed by atoms with E-state index in [1.54, 1.807) is 0 Å². The molecule has 2 fully saturated rings. The summed E-state index contributed by atoms with van der Waals surface area (Å²) in [5.41, 5.74) is -1.03. The lowest BCUT2D eigenvalue weighted by Gasteiger charge is -2.51. The summed E-state index contributed by atoms with van der Waals surface area (Å²) in [6.07, 6.45) is -3.01. The van der Waals surface area contributed by atoms with Crippen LogP contribution in [0.25, 0.3) is 0 Å². The Hall–Kier alpha value is -0.240. The van der Waals surface area contributed by atoms with Crippen LogP contribution in [0, 0.1) is 0 Å².